The molecule has 2 atom stereocenters. The van der Waals surface area contributed by atoms with Gasteiger partial charge in [-0.2, -0.15) is 0 Å². The van der Waals surface area contributed by atoms with Crippen molar-refractivity contribution in [2.24, 2.45) is 17.6 Å². The predicted molar refractivity (Wildman–Crippen MR) is 76.5 cm³/mol. The summed E-state index contributed by atoms with van der Waals surface area (Å²) in [5, 5.41) is 0. The molecular formula is C16H31NO. The van der Waals surface area contributed by atoms with Crippen LogP contribution in [-0.4, -0.2) is 18.2 Å². The Hall–Kier alpha value is -0.0800. The zero-order chi connectivity index (χ0) is 13.0. The van der Waals surface area contributed by atoms with Crippen LogP contribution in [-0.2, 0) is 4.74 Å². The van der Waals surface area contributed by atoms with Crippen LogP contribution in [0.15, 0.2) is 0 Å². The zero-order valence-corrected chi connectivity index (χ0v) is 12.3. The van der Waals surface area contributed by atoms with Gasteiger partial charge < -0.3 is 10.5 Å². The molecule has 2 N–H and O–H groups in total. The van der Waals surface area contributed by atoms with Gasteiger partial charge >= 0.3 is 0 Å². The molecule has 0 bridgehead atoms. The van der Waals surface area contributed by atoms with Crippen LogP contribution in [0.3, 0.4) is 0 Å². The topological polar surface area (TPSA) is 35.2 Å². The van der Waals surface area contributed by atoms with E-state index in [1.54, 1.807) is 0 Å². The molecule has 2 heteroatoms. The molecule has 0 aromatic heterocycles. The summed E-state index contributed by atoms with van der Waals surface area (Å²) in [6.07, 6.45) is 12.3. The Bertz CT molecular complexity index is 245. The zero-order valence-electron chi connectivity index (χ0n) is 12.3. The summed E-state index contributed by atoms with van der Waals surface area (Å²) in [6, 6.07) is 0. The third-order valence-corrected chi connectivity index (χ3v) is 4.84. The second-order valence-electron chi connectivity index (χ2n) is 6.99. The molecule has 2 rings (SSSR count). The van der Waals surface area contributed by atoms with E-state index in [1.165, 1.54) is 57.8 Å². The molecule has 18 heavy (non-hydrogen) atoms. The van der Waals surface area contributed by atoms with E-state index in [9.17, 15) is 0 Å². The molecule has 1 aliphatic carbocycles. The van der Waals surface area contributed by atoms with Crippen molar-refractivity contribution in [1.29, 1.82) is 0 Å². The molecule has 1 saturated carbocycles. The van der Waals surface area contributed by atoms with E-state index in [0.29, 0.717) is 12.0 Å². The lowest BCUT2D eigenvalue weighted by Gasteiger charge is -2.34. The van der Waals surface area contributed by atoms with Gasteiger partial charge in [-0.15, -0.1) is 0 Å². The molecule has 1 heterocycles. The van der Waals surface area contributed by atoms with E-state index in [2.05, 4.69) is 13.8 Å². The average Bonchev–Trinajstić information content (AvgIpc) is 2.71. The van der Waals surface area contributed by atoms with Gasteiger partial charge in [0.15, 0.2) is 0 Å². The molecule has 0 amide bonds. The summed E-state index contributed by atoms with van der Waals surface area (Å²) in [5.74, 6) is 1.41. The van der Waals surface area contributed by atoms with Gasteiger partial charge in [0.25, 0.3) is 0 Å². The average molecular weight is 253 g/mol. The normalized spacial score (nSPS) is 29.0. The SMILES string of the molecule is CC(C)CC(CN)CC1CCC2(CCCCC2)O1. The minimum absolute atomic E-state index is 0.278. The van der Waals surface area contributed by atoms with Gasteiger partial charge in [0.05, 0.1) is 11.7 Å². The van der Waals surface area contributed by atoms with E-state index in [1.807, 2.05) is 0 Å². The van der Waals surface area contributed by atoms with Crippen molar-refractivity contribution in [3.63, 3.8) is 0 Å². The molecule has 0 radical (unpaired) electrons. The van der Waals surface area contributed by atoms with Crippen molar-refractivity contribution in [3.8, 4) is 0 Å². The first-order valence-corrected chi connectivity index (χ1v) is 8.01. The maximum atomic E-state index is 6.45. The van der Waals surface area contributed by atoms with E-state index in [-0.39, 0.29) is 5.60 Å². The summed E-state index contributed by atoms with van der Waals surface area (Å²) < 4.78 is 6.45. The summed E-state index contributed by atoms with van der Waals surface area (Å²) in [7, 11) is 0. The fourth-order valence-corrected chi connectivity index (χ4v) is 3.95. The van der Waals surface area contributed by atoms with Gasteiger partial charge in [0, 0.05) is 0 Å². The molecule has 2 aliphatic rings. The highest BCUT2D eigenvalue weighted by Gasteiger charge is 2.41. The Morgan fingerprint density at radius 3 is 2.50 bits per heavy atom. The lowest BCUT2D eigenvalue weighted by molar-refractivity contribution is -0.0700. The lowest BCUT2D eigenvalue weighted by Crippen LogP contribution is -2.32. The van der Waals surface area contributed by atoms with E-state index < -0.39 is 0 Å². The van der Waals surface area contributed by atoms with Crippen LogP contribution in [0.5, 0.6) is 0 Å². The van der Waals surface area contributed by atoms with E-state index in [4.69, 9.17) is 10.5 Å². The van der Waals surface area contributed by atoms with Gasteiger partial charge in [-0.1, -0.05) is 33.1 Å². The number of ether oxygens (including phenoxy) is 1. The molecular weight excluding hydrogens is 222 g/mol. The summed E-state index contributed by atoms with van der Waals surface area (Å²) >= 11 is 0. The summed E-state index contributed by atoms with van der Waals surface area (Å²) in [4.78, 5) is 0. The molecule has 106 valence electrons. The van der Waals surface area contributed by atoms with Crippen molar-refractivity contribution in [2.75, 3.05) is 6.54 Å². The van der Waals surface area contributed by atoms with Crippen molar-refractivity contribution in [2.45, 2.75) is 83.3 Å². The standard InChI is InChI=1S/C16H31NO/c1-13(2)10-14(12-17)11-15-6-9-16(18-15)7-4-3-5-8-16/h13-15H,3-12,17H2,1-2H3. The van der Waals surface area contributed by atoms with Crippen molar-refractivity contribution in [1.82, 2.24) is 0 Å². The molecule has 0 aromatic carbocycles. The number of rotatable bonds is 5. The Labute approximate surface area is 113 Å². The monoisotopic (exact) mass is 253 g/mol. The van der Waals surface area contributed by atoms with Crippen LogP contribution in [0.4, 0.5) is 0 Å². The molecule has 1 saturated heterocycles. The van der Waals surface area contributed by atoms with Crippen molar-refractivity contribution >= 4 is 0 Å². The highest BCUT2D eigenvalue weighted by atomic mass is 16.5. The fourth-order valence-electron chi connectivity index (χ4n) is 3.95. The van der Waals surface area contributed by atoms with Crippen LogP contribution >= 0.6 is 0 Å². The predicted octanol–water partition coefficient (Wildman–Crippen LogP) is 3.88. The lowest BCUT2D eigenvalue weighted by atomic mass is 9.83. The van der Waals surface area contributed by atoms with Gasteiger partial charge in [-0.25, -0.2) is 0 Å². The van der Waals surface area contributed by atoms with Crippen LogP contribution in [0, 0.1) is 11.8 Å². The Balaban J connectivity index is 1.80. The van der Waals surface area contributed by atoms with Crippen LogP contribution in [0.25, 0.3) is 0 Å². The Morgan fingerprint density at radius 1 is 1.17 bits per heavy atom. The first kappa shape index (κ1) is 14.3. The van der Waals surface area contributed by atoms with Crippen LogP contribution < -0.4 is 5.73 Å². The first-order valence-electron chi connectivity index (χ1n) is 8.01. The summed E-state index contributed by atoms with van der Waals surface area (Å²) in [5.41, 5.74) is 6.19. The molecule has 1 aliphatic heterocycles. The third-order valence-electron chi connectivity index (χ3n) is 4.84. The number of hydrogen-bond donors (Lipinski definition) is 1. The Morgan fingerprint density at radius 2 is 1.89 bits per heavy atom. The molecule has 2 nitrogen and oxygen atoms in total. The highest BCUT2D eigenvalue weighted by Crippen LogP contribution is 2.43. The smallest absolute Gasteiger partial charge is 0.0687 e. The van der Waals surface area contributed by atoms with Gasteiger partial charge in [-0.05, 0) is 56.9 Å². The minimum Gasteiger partial charge on any atom is -0.372 e. The van der Waals surface area contributed by atoms with Crippen molar-refractivity contribution in [3.05, 3.63) is 0 Å². The third kappa shape index (κ3) is 3.71. The van der Waals surface area contributed by atoms with Crippen LogP contribution in [0.1, 0.15) is 71.6 Å². The van der Waals surface area contributed by atoms with Gasteiger partial charge in [-0.3, -0.25) is 0 Å². The first-order chi connectivity index (χ1) is 8.63. The molecule has 2 unspecified atom stereocenters. The molecule has 0 aromatic rings. The largest absolute Gasteiger partial charge is 0.372 e. The Kier molecular flexibility index (Phi) is 5.08. The van der Waals surface area contributed by atoms with Gasteiger partial charge in [0.2, 0.25) is 0 Å². The number of hydrogen-bond acceptors (Lipinski definition) is 2. The molecule has 1 spiro atoms. The van der Waals surface area contributed by atoms with Crippen molar-refractivity contribution < 1.29 is 4.74 Å². The fraction of sp³-hybridized carbons (Fsp3) is 1.00. The van der Waals surface area contributed by atoms with Crippen LogP contribution in [0.2, 0.25) is 0 Å². The summed E-state index contributed by atoms with van der Waals surface area (Å²) in [6.45, 7) is 5.41. The minimum atomic E-state index is 0.278. The van der Waals surface area contributed by atoms with E-state index in [0.717, 1.165) is 12.5 Å². The van der Waals surface area contributed by atoms with E-state index >= 15 is 0 Å². The maximum absolute atomic E-state index is 6.45. The molecule has 2 fully saturated rings. The maximum Gasteiger partial charge on any atom is 0.0687 e. The van der Waals surface area contributed by atoms with Gasteiger partial charge in [0.1, 0.15) is 0 Å². The highest BCUT2D eigenvalue weighted by molar-refractivity contribution is 4.91. The quantitative estimate of drug-likeness (QED) is 0.807. The second-order valence-corrected chi connectivity index (χ2v) is 6.99. The second kappa shape index (κ2) is 6.38. The number of nitrogens with two attached hydrogens (primary N) is 1.